The third kappa shape index (κ3) is 5.70. The van der Waals surface area contributed by atoms with E-state index in [-0.39, 0.29) is 23.9 Å². The fourth-order valence-electron chi connectivity index (χ4n) is 2.12. The first-order chi connectivity index (χ1) is 13.2. The minimum absolute atomic E-state index is 0.0478. The van der Waals surface area contributed by atoms with Gasteiger partial charge in [-0.2, -0.15) is 0 Å². The van der Waals surface area contributed by atoms with Gasteiger partial charge in [0.1, 0.15) is 12.7 Å². The van der Waals surface area contributed by atoms with E-state index in [0.717, 1.165) is 3.57 Å². The van der Waals surface area contributed by atoms with Crippen LogP contribution in [0.5, 0.6) is 0 Å². The molecule has 2 rings (SSSR count). The highest BCUT2D eigenvalue weighted by molar-refractivity contribution is 14.1. The number of hydroxylamine groups is 1. The molecule has 1 unspecified atom stereocenters. The largest absolute Gasteiger partial charge is 0.388 e. The summed E-state index contributed by atoms with van der Waals surface area (Å²) in [5, 5.41) is 12.1. The van der Waals surface area contributed by atoms with E-state index in [9.17, 15) is 23.1 Å². The van der Waals surface area contributed by atoms with E-state index in [1.807, 2.05) is 28.1 Å². The van der Waals surface area contributed by atoms with Crippen LogP contribution in [0, 0.1) is 21.0 Å². The number of methoxy groups -OCH3 is 1. The van der Waals surface area contributed by atoms with Crippen LogP contribution in [0.15, 0.2) is 24.3 Å². The molecule has 0 saturated carbocycles. The van der Waals surface area contributed by atoms with E-state index in [1.165, 1.54) is 13.2 Å². The molecule has 0 heterocycles. The molecule has 152 valence electrons. The molecule has 0 aromatic heterocycles. The molecule has 0 saturated heterocycles. The van der Waals surface area contributed by atoms with Crippen molar-refractivity contribution in [1.82, 2.24) is 5.48 Å². The number of carbonyl (C=O) groups excluding carboxylic acids is 1. The molecule has 0 aliphatic heterocycles. The van der Waals surface area contributed by atoms with Crippen molar-refractivity contribution in [3.8, 4) is 0 Å². The number of halogens is 5. The van der Waals surface area contributed by atoms with Crippen molar-refractivity contribution in [2.75, 3.05) is 25.6 Å². The average molecular weight is 531 g/mol. The van der Waals surface area contributed by atoms with Crippen LogP contribution in [-0.4, -0.2) is 37.4 Å². The predicted octanol–water partition coefficient (Wildman–Crippen LogP) is 3.77. The number of rotatable bonds is 8. The Labute approximate surface area is 177 Å². The quantitative estimate of drug-likeness (QED) is 0.275. The van der Waals surface area contributed by atoms with Gasteiger partial charge in [-0.25, -0.2) is 18.7 Å². The van der Waals surface area contributed by atoms with E-state index in [4.69, 9.17) is 16.4 Å². The fourth-order valence-corrected chi connectivity index (χ4v) is 3.02. The van der Waals surface area contributed by atoms with E-state index in [2.05, 4.69) is 10.1 Å². The van der Waals surface area contributed by atoms with Gasteiger partial charge >= 0.3 is 0 Å². The lowest BCUT2D eigenvalue weighted by molar-refractivity contribution is -0.0365. The smallest absolute Gasteiger partial charge is 0.277 e. The van der Waals surface area contributed by atoms with Crippen LogP contribution in [0.1, 0.15) is 10.4 Å². The molecule has 3 N–H and O–H groups in total. The number of carbonyl (C=O) groups is 1. The summed E-state index contributed by atoms with van der Waals surface area (Å²) in [5.74, 6) is -5.97. The molecule has 2 aromatic carbocycles. The molecule has 1 amide bonds. The summed E-state index contributed by atoms with van der Waals surface area (Å²) < 4.78 is 47.2. The third-order valence-corrected chi connectivity index (χ3v) is 4.38. The lowest BCUT2D eigenvalue weighted by Gasteiger charge is -2.16. The molecule has 11 heteroatoms. The highest BCUT2D eigenvalue weighted by atomic mass is 127. The predicted molar refractivity (Wildman–Crippen MR) is 105 cm³/mol. The van der Waals surface area contributed by atoms with Gasteiger partial charge in [0.25, 0.3) is 5.91 Å². The van der Waals surface area contributed by atoms with Gasteiger partial charge in [-0.15, -0.1) is 0 Å². The maximum atomic E-state index is 14.3. The number of benzene rings is 2. The van der Waals surface area contributed by atoms with Gasteiger partial charge in [0.2, 0.25) is 0 Å². The third-order valence-electron chi connectivity index (χ3n) is 3.40. The maximum absolute atomic E-state index is 14.3. The topological polar surface area (TPSA) is 79.8 Å². The molecule has 0 spiro atoms. The number of aliphatic hydroxyl groups is 1. The fraction of sp³-hybridized carbons (Fsp3) is 0.235. The van der Waals surface area contributed by atoms with Crippen LogP contribution in [0.2, 0.25) is 5.02 Å². The molecule has 0 bridgehead atoms. The van der Waals surface area contributed by atoms with Crippen molar-refractivity contribution in [3.05, 3.63) is 55.9 Å². The van der Waals surface area contributed by atoms with Crippen LogP contribution >= 0.6 is 34.2 Å². The minimum Gasteiger partial charge on any atom is -0.388 e. The Morgan fingerprint density at radius 1 is 1.25 bits per heavy atom. The van der Waals surface area contributed by atoms with Gasteiger partial charge in [-0.3, -0.25) is 9.63 Å². The zero-order valence-corrected chi connectivity index (χ0v) is 17.3. The number of hydrogen-bond acceptors (Lipinski definition) is 5. The van der Waals surface area contributed by atoms with E-state index in [0.29, 0.717) is 6.07 Å². The second-order valence-electron chi connectivity index (χ2n) is 5.51. The number of amides is 1. The van der Waals surface area contributed by atoms with E-state index >= 15 is 0 Å². The Balaban J connectivity index is 2.29. The van der Waals surface area contributed by atoms with Gasteiger partial charge in [-0.05, 0) is 46.9 Å². The maximum Gasteiger partial charge on any atom is 0.277 e. The van der Waals surface area contributed by atoms with Crippen molar-refractivity contribution in [1.29, 1.82) is 0 Å². The van der Waals surface area contributed by atoms with Crippen molar-refractivity contribution in [3.63, 3.8) is 0 Å². The molecule has 0 fully saturated rings. The lowest BCUT2D eigenvalue weighted by Crippen LogP contribution is -2.31. The SMILES string of the molecule is COCC(O)CONC(=O)c1cc(F)c(F)c(F)c1Nc1ccc(I)cc1Cl. The first-order valence-electron chi connectivity index (χ1n) is 7.73. The number of hydrogen-bond donors (Lipinski definition) is 3. The number of anilines is 2. The van der Waals surface area contributed by atoms with Crippen LogP contribution < -0.4 is 10.8 Å². The summed E-state index contributed by atoms with van der Waals surface area (Å²) in [6.07, 6.45) is -1.03. The van der Waals surface area contributed by atoms with Crippen molar-refractivity contribution in [2.24, 2.45) is 0 Å². The Hall–Kier alpha value is -1.60. The standard InChI is InChI=1S/C17H15ClF3IN2O4/c1-27-6-9(25)7-28-24-17(26)10-5-12(19)14(20)15(21)16(10)23-13-3-2-8(22)4-11(13)18/h2-5,9,23,25H,6-7H2,1H3,(H,24,26). The van der Waals surface area contributed by atoms with Crippen molar-refractivity contribution < 1.29 is 32.6 Å². The van der Waals surface area contributed by atoms with E-state index < -0.39 is 40.7 Å². The van der Waals surface area contributed by atoms with Crippen LogP contribution in [0.4, 0.5) is 24.5 Å². The molecule has 0 aliphatic carbocycles. The minimum atomic E-state index is -1.75. The summed E-state index contributed by atoms with van der Waals surface area (Å²) in [5.41, 5.74) is 0.919. The molecule has 6 nitrogen and oxygen atoms in total. The number of ether oxygens (including phenoxy) is 1. The Kier molecular flexibility index (Phi) is 8.31. The van der Waals surface area contributed by atoms with Gasteiger partial charge in [0.05, 0.1) is 28.6 Å². The first kappa shape index (κ1) is 22.7. The van der Waals surface area contributed by atoms with Gasteiger partial charge < -0.3 is 15.2 Å². The summed E-state index contributed by atoms with van der Waals surface area (Å²) >= 11 is 8.07. The second kappa shape index (κ2) is 10.3. The zero-order chi connectivity index (χ0) is 20.8. The second-order valence-corrected chi connectivity index (χ2v) is 7.16. The van der Waals surface area contributed by atoms with Crippen LogP contribution in [0.25, 0.3) is 0 Å². The Morgan fingerprint density at radius 2 is 1.96 bits per heavy atom. The molecular weight excluding hydrogens is 516 g/mol. The lowest BCUT2D eigenvalue weighted by atomic mass is 10.1. The summed E-state index contributed by atoms with van der Waals surface area (Å²) in [7, 11) is 1.36. The summed E-state index contributed by atoms with van der Waals surface area (Å²) in [4.78, 5) is 17.1. The molecule has 0 aliphatic rings. The Bertz CT molecular complexity index is 873. The van der Waals surface area contributed by atoms with E-state index in [1.54, 1.807) is 12.1 Å². The molecule has 2 aromatic rings. The molecule has 0 radical (unpaired) electrons. The van der Waals surface area contributed by atoms with Crippen LogP contribution in [0.3, 0.4) is 0 Å². The zero-order valence-electron chi connectivity index (χ0n) is 14.4. The highest BCUT2D eigenvalue weighted by Crippen LogP contribution is 2.32. The molecular formula is C17H15ClF3IN2O4. The van der Waals surface area contributed by atoms with Gasteiger partial charge in [-0.1, -0.05) is 11.6 Å². The van der Waals surface area contributed by atoms with Crippen molar-refractivity contribution in [2.45, 2.75) is 6.10 Å². The first-order valence-corrected chi connectivity index (χ1v) is 9.19. The summed E-state index contributed by atoms with van der Waals surface area (Å²) in [6.45, 7) is -0.384. The normalized spacial score (nSPS) is 12.0. The monoisotopic (exact) mass is 530 g/mol. The van der Waals surface area contributed by atoms with Gasteiger partial charge in [0.15, 0.2) is 17.5 Å². The summed E-state index contributed by atoms with van der Waals surface area (Å²) in [6, 6.07) is 5.21. The highest BCUT2D eigenvalue weighted by Gasteiger charge is 2.24. The van der Waals surface area contributed by atoms with Crippen molar-refractivity contribution >= 4 is 51.5 Å². The average Bonchev–Trinajstić information content (AvgIpc) is 2.63. The number of aliphatic hydroxyl groups excluding tert-OH is 1. The van der Waals surface area contributed by atoms with Crippen LogP contribution in [-0.2, 0) is 9.57 Å². The molecule has 1 atom stereocenters. The number of nitrogens with one attached hydrogen (secondary N) is 2. The molecule has 28 heavy (non-hydrogen) atoms. The Morgan fingerprint density at radius 3 is 2.61 bits per heavy atom. The van der Waals surface area contributed by atoms with Gasteiger partial charge in [0, 0.05) is 10.7 Å².